The molecule has 1 aliphatic rings. The Balaban J connectivity index is 1.65. The Hall–Kier alpha value is -3.27. The third kappa shape index (κ3) is 4.04. The molecule has 0 bridgehead atoms. The van der Waals surface area contributed by atoms with Gasteiger partial charge in [-0.2, -0.15) is 0 Å². The lowest BCUT2D eigenvalue weighted by atomic mass is 10.00. The van der Waals surface area contributed by atoms with Gasteiger partial charge in [0.25, 0.3) is 5.91 Å². The van der Waals surface area contributed by atoms with Gasteiger partial charge in [0.05, 0.1) is 11.4 Å². The topological polar surface area (TPSA) is 41.6 Å². The van der Waals surface area contributed by atoms with Crippen LogP contribution in [0.4, 0.5) is 11.4 Å². The summed E-state index contributed by atoms with van der Waals surface area (Å²) in [6.07, 6.45) is 0.953. The highest BCUT2D eigenvalue weighted by atomic mass is 16.5. The summed E-state index contributed by atoms with van der Waals surface area (Å²) < 4.78 is 5.93. The summed E-state index contributed by atoms with van der Waals surface area (Å²) in [7, 11) is 0. The number of hydrogen-bond acceptors (Lipinski definition) is 3. The van der Waals surface area contributed by atoms with Crippen molar-refractivity contribution in [2.75, 3.05) is 16.8 Å². The van der Waals surface area contributed by atoms with Gasteiger partial charge in [0.1, 0.15) is 12.4 Å². The van der Waals surface area contributed by atoms with Crippen molar-refractivity contribution in [1.29, 1.82) is 0 Å². The second kappa shape index (κ2) is 8.62. The number of carbonyl (C=O) groups is 1. The first-order chi connectivity index (χ1) is 14.6. The molecule has 1 atom stereocenters. The number of nitrogens with one attached hydrogen (secondary N) is 1. The molecule has 154 valence electrons. The minimum absolute atomic E-state index is 0.0201. The van der Waals surface area contributed by atoms with Crippen LogP contribution in [0.25, 0.3) is 0 Å². The summed E-state index contributed by atoms with van der Waals surface area (Å²) in [5.41, 5.74) is 5.97. The Morgan fingerprint density at radius 2 is 1.73 bits per heavy atom. The fraction of sp³-hybridized carbons (Fsp3) is 0.269. The van der Waals surface area contributed by atoms with Crippen LogP contribution < -0.4 is 15.0 Å². The lowest BCUT2D eigenvalue weighted by molar-refractivity contribution is 0.0982. The van der Waals surface area contributed by atoms with Crippen molar-refractivity contribution in [2.24, 2.45) is 0 Å². The van der Waals surface area contributed by atoms with Gasteiger partial charge >= 0.3 is 0 Å². The molecule has 3 aromatic carbocycles. The molecule has 4 nitrogen and oxygen atoms in total. The fourth-order valence-electron chi connectivity index (χ4n) is 3.83. The van der Waals surface area contributed by atoms with Crippen LogP contribution in [0.5, 0.6) is 5.75 Å². The van der Waals surface area contributed by atoms with Crippen molar-refractivity contribution < 1.29 is 9.53 Å². The zero-order chi connectivity index (χ0) is 21.1. The van der Waals surface area contributed by atoms with E-state index in [-0.39, 0.29) is 11.9 Å². The third-order valence-corrected chi connectivity index (χ3v) is 5.79. The molecule has 0 aliphatic carbocycles. The second-order valence-corrected chi connectivity index (χ2v) is 7.88. The van der Waals surface area contributed by atoms with Gasteiger partial charge in [-0.25, -0.2) is 0 Å². The highest BCUT2D eigenvalue weighted by Gasteiger charge is 2.29. The summed E-state index contributed by atoms with van der Waals surface area (Å²) in [5.74, 6) is 0.816. The molecule has 1 aliphatic heterocycles. The predicted octanol–water partition coefficient (Wildman–Crippen LogP) is 5.73. The van der Waals surface area contributed by atoms with Crippen molar-refractivity contribution in [2.45, 2.75) is 39.8 Å². The van der Waals surface area contributed by atoms with E-state index in [2.05, 4.69) is 38.2 Å². The fourth-order valence-corrected chi connectivity index (χ4v) is 3.83. The SMILES string of the molecule is CCC1CN(C(=O)c2ccccc2COc2ccccc2)c2cc(C)c(C)cc2N1. The molecule has 4 rings (SSSR count). The molecule has 0 fully saturated rings. The number of amides is 1. The van der Waals surface area contributed by atoms with Crippen LogP contribution in [0.2, 0.25) is 0 Å². The first-order valence-corrected chi connectivity index (χ1v) is 10.5. The summed E-state index contributed by atoms with van der Waals surface area (Å²) in [5, 5.41) is 3.59. The van der Waals surface area contributed by atoms with E-state index in [9.17, 15) is 4.79 Å². The number of ether oxygens (including phenoxy) is 1. The van der Waals surface area contributed by atoms with Gasteiger partial charge in [0, 0.05) is 23.7 Å². The monoisotopic (exact) mass is 400 g/mol. The minimum atomic E-state index is 0.0201. The van der Waals surface area contributed by atoms with Gasteiger partial charge in [-0.1, -0.05) is 43.3 Å². The molecule has 1 amide bonds. The van der Waals surface area contributed by atoms with E-state index >= 15 is 0 Å². The van der Waals surface area contributed by atoms with Crippen LogP contribution in [-0.2, 0) is 6.61 Å². The van der Waals surface area contributed by atoms with Crippen molar-refractivity contribution in [3.8, 4) is 5.75 Å². The molecule has 1 heterocycles. The molecule has 0 radical (unpaired) electrons. The number of aryl methyl sites for hydroxylation is 2. The van der Waals surface area contributed by atoms with Crippen molar-refractivity contribution in [1.82, 2.24) is 0 Å². The van der Waals surface area contributed by atoms with Crippen LogP contribution in [-0.4, -0.2) is 18.5 Å². The lowest BCUT2D eigenvalue weighted by Gasteiger charge is -2.36. The Kier molecular flexibility index (Phi) is 5.75. The van der Waals surface area contributed by atoms with Crippen LogP contribution in [0, 0.1) is 13.8 Å². The van der Waals surface area contributed by atoms with Gasteiger partial charge in [-0.3, -0.25) is 4.79 Å². The Bertz CT molecular complexity index is 1050. The van der Waals surface area contributed by atoms with E-state index in [0.29, 0.717) is 18.7 Å². The first kappa shape index (κ1) is 20.0. The molecule has 0 spiro atoms. The summed E-state index contributed by atoms with van der Waals surface area (Å²) in [6.45, 7) is 7.35. The van der Waals surface area contributed by atoms with E-state index in [1.54, 1.807) is 0 Å². The number of para-hydroxylation sites is 1. The first-order valence-electron chi connectivity index (χ1n) is 10.5. The average Bonchev–Trinajstić information content (AvgIpc) is 2.78. The maximum Gasteiger partial charge on any atom is 0.258 e. The lowest BCUT2D eigenvalue weighted by Crippen LogP contribution is -2.45. The second-order valence-electron chi connectivity index (χ2n) is 7.88. The summed E-state index contributed by atoms with van der Waals surface area (Å²) in [6, 6.07) is 21.9. The molecule has 30 heavy (non-hydrogen) atoms. The van der Waals surface area contributed by atoms with Crippen molar-refractivity contribution in [3.63, 3.8) is 0 Å². The molecule has 1 unspecified atom stereocenters. The average molecular weight is 401 g/mol. The molecule has 1 N–H and O–H groups in total. The number of anilines is 2. The molecular formula is C26H28N2O2. The smallest absolute Gasteiger partial charge is 0.258 e. The normalized spacial score (nSPS) is 15.3. The van der Waals surface area contributed by atoms with E-state index in [0.717, 1.165) is 29.1 Å². The largest absolute Gasteiger partial charge is 0.489 e. The number of rotatable bonds is 5. The van der Waals surface area contributed by atoms with E-state index in [4.69, 9.17) is 4.74 Å². The van der Waals surface area contributed by atoms with Crippen molar-refractivity contribution in [3.05, 3.63) is 89.0 Å². The van der Waals surface area contributed by atoms with Gasteiger partial charge in [0.2, 0.25) is 0 Å². The van der Waals surface area contributed by atoms with Gasteiger partial charge in [-0.15, -0.1) is 0 Å². The van der Waals surface area contributed by atoms with Crippen LogP contribution >= 0.6 is 0 Å². The van der Waals surface area contributed by atoms with Crippen LogP contribution in [0.3, 0.4) is 0 Å². The predicted molar refractivity (Wildman–Crippen MR) is 123 cm³/mol. The van der Waals surface area contributed by atoms with Gasteiger partial charge in [0.15, 0.2) is 0 Å². The van der Waals surface area contributed by atoms with Gasteiger partial charge in [-0.05, 0) is 61.7 Å². The maximum atomic E-state index is 13.7. The highest BCUT2D eigenvalue weighted by molar-refractivity contribution is 6.09. The maximum absolute atomic E-state index is 13.7. The molecule has 0 saturated carbocycles. The Morgan fingerprint density at radius 3 is 2.50 bits per heavy atom. The summed E-state index contributed by atoms with van der Waals surface area (Å²) >= 11 is 0. The van der Waals surface area contributed by atoms with E-state index < -0.39 is 0 Å². The Morgan fingerprint density at radius 1 is 1.03 bits per heavy atom. The van der Waals surface area contributed by atoms with Crippen LogP contribution in [0.1, 0.15) is 40.4 Å². The minimum Gasteiger partial charge on any atom is -0.489 e. The zero-order valence-electron chi connectivity index (χ0n) is 17.8. The molecular weight excluding hydrogens is 372 g/mol. The van der Waals surface area contributed by atoms with Crippen molar-refractivity contribution >= 4 is 17.3 Å². The van der Waals surface area contributed by atoms with E-state index in [1.165, 1.54) is 11.1 Å². The standard InChI is InChI=1S/C26H28N2O2/c1-4-21-16-28(25-15-19(3)18(2)14-24(25)27-21)26(29)23-13-9-8-10-20(23)17-30-22-11-6-5-7-12-22/h5-15,21,27H,4,16-17H2,1-3H3. The number of nitrogens with zero attached hydrogens (tertiary/aromatic N) is 1. The highest BCUT2D eigenvalue weighted by Crippen LogP contribution is 2.35. The summed E-state index contributed by atoms with van der Waals surface area (Å²) in [4.78, 5) is 15.6. The number of hydrogen-bond donors (Lipinski definition) is 1. The Labute approximate surface area is 178 Å². The third-order valence-electron chi connectivity index (χ3n) is 5.79. The van der Waals surface area contributed by atoms with Gasteiger partial charge < -0.3 is 15.0 Å². The quantitative estimate of drug-likeness (QED) is 0.594. The number of benzene rings is 3. The van der Waals surface area contributed by atoms with Crippen LogP contribution in [0.15, 0.2) is 66.7 Å². The number of carbonyl (C=O) groups excluding carboxylic acids is 1. The molecule has 4 heteroatoms. The molecule has 0 aromatic heterocycles. The molecule has 0 saturated heterocycles. The molecule has 3 aromatic rings. The zero-order valence-corrected chi connectivity index (χ0v) is 17.8. The number of fused-ring (bicyclic) bond motifs is 1. The van der Waals surface area contributed by atoms with E-state index in [1.807, 2.05) is 59.5 Å².